The van der Waals surface area contributed by atoms with Crippen molar-refractivity contribution in [3.63, 3.8) is 0 Å². The predicted molar refractivity (Wildman–Crippen MR) is 69.3 cm³/mol. The highest BCUT2D eigenvalue weighted by atomic mass is 32.2. The highest BCUT2D eigenvalue weighted by molar-refractivity contribution is 7.86. The van der Waals surface area contributed by atoms with E-state index in [2.05, 4.69) is 0 Å². The van der Waals surface area contributed by atoms with Crippen LogP contribution >= 0.6 is 0 Å². The average Bonchev–Trinajstić information content (AvgIpc) is 2.35. The first-order valence-electron chi connectivity index (χ1n) is 6.27. The Morgan fingerprint density at radius 3 is 2.47 bits per heavy atom. The molecule has 2 atom stereocenters. The van der Waals surface area contributed by atoms with Gasteiger partial charge in [-0.1, -0.05) is 37.5 Å². The maximum Gasteiger partial charge on any atom is 0.148 e. The van der Waals surface area contributed by atoms with Crippen molar-refractivity contribution in [2.45, 2.75) is 48.7 Å². The minimum Gasteiger partial charge on any atom is -0.298 e. The summed E-state index contributed by atoms with van der Waals surface area (Å²) in [4.78, 5) is 12.8. The van der Waals surface area contributed by atoms with Crippen molar-refractivity contribution in [1.82, 2.24) is 0 Å². The quantitative estimate of drug-likeness (QED) is 0.808. The molecule has 2 nitrogen and oxygen atoms in total. The Morgan fingerprint density at radius 2 is 1.71 bits per heavy atom. The third-order valence-electron chi connectivity index (χ3n) is 3.23. The fourth-order valence-electron chi connectivity index (χ4n) is 2.25. The molecule has 2 rings (SSSR count). The molecule has 0 saturated heterocycles. The van der Waals surface area contributed by atoms with Crippen molar-refractivity contribution >= 4 is 16.6 Å². The molecule has 0 radical (unpaired) electrons. The highest BCUT2D eigenvalue weighted by Crippen LogP contribution is 2.22. The van der Waals surface area contributed by atoms with Crippen molar-refractivity contribution in [3.8, 4) is 0 Å². The number of hydrogen-bond acceptors (Lipinski definition) is 2. The summed E-state index contributed by atoms with van der Waals surface area (Å²) in [7, 11) is -1.17. The van der Waals surface area contributed by atoms with Crippen molar-refractivity contribution in [3.05, 3.63) is 30.3 Å². The zero-order chi connectivity index (χ0) is 12.1. The second-order valence-electron chi connectivity index (χ2n) is 4.52. The molecule has 0 spiro atoms. The number of carbonyl (C=O) groups excluding carboxylic acids is 1. The van der Waals surface area contributed by atoms with Crippen LogP contribution in [-0.2, 0) is 15.6 Å². The number of carbonyl (C=O) groups is 1. The second kappa shape index (κ2) is 6.10. The van der Waals surface area contributed by atoms with Crippen LogP contribution in [0.15, 0.2) is 35.2 Å². The summed E-state index contributed by atoms with van der Waals surface area (Å²) in [6.07, 6.45) is 5.66. The van der Waals surface area contributed by atoms with E-state index in [0.717, 1.165) is 37.0 Å². The maximum absolute atomic E-state index is 12.4. The molecule has 1 aromatic carbocycles. The Balaban J connectivity index is 2.13. The second-order valence-corrected chi connectivity index (χ2v) is 6.15. The van der Waals surface area contributed by atoms with E-state index in [9.17, 15) is 9.00 Å². The van der Waals surface area contributed by atoms with Crippen LogP contribution in [0.25, 0.3) is 0 Å². The lowest BCUT2D eigenvalue weighted by Gasteiger charge is -2.18. The van der Waals surface area contributed by atoms with E-state index in [1.807, 2.05) is 30.3 Å². The highest BCUT2D eigenvalue weighted by Gasteiger charge is 2.26. The molecule has 1 aliphatic rings. The Labute approximate surface area is 105 Å². The summed E-state index contributed by atoms with van der Waals surface area (Å²) in [6, 6.07) is 9.35. The lowest BCUT2D eigenvalue weighted by molar-refractivity contribution is -0.119. The van der Waals surface area contributed by atoms with Crippen LogP contribution in [0.3, 0.4) is 0 Å². The lowest BCUT2D eigenvalue weighted by Crippen LogP contribution is -2.27. The molecule has 0 amide bonds. The van der Waals surface area contributed by atoms with E-state index in [0.29, 0.717) is 6.42 Å². The normalized spacial score (nSPS) is 23.8. The number of ketones is 1. The topological polar surface area (TPSA) is 34.1 Å². The van der Waals surface area contributed by atoms with Crippen LogP contribution in [0.5, 0.6) is 0 Å². The summed E-state index contributed by atoms with van der Waals surface area (Å²) in [5.41, 5.74) is 0. The van der Waals surface area contributed by atoms with Gasteiger partial charge in [0.05, 0.1) is 16.0 Å². The zero-order valence-corrected chi connectivity index (χ0v) is 10.7. The van der Waals surface area contributed by atoms with Gasteiger partial charge in [0, 0.05) is 11.3 Å². The van der Waals surface area contributed by atoms with E-state index in [1.165, 1.54) is 0 Å². The molecule has 17 heavy (non-hydrogen) atoms. The number of benzene rings is 1. The van der Waals surface area contributed by atoms with Gasteiger partial charge in [0.2, 0.25) is 0 Å². The number of rotatable bonds is 2. The molecule has 0 aromatic heterocycles. The molecule has 1 aliphatic carbocycles. The van der Waals surface area contributed by atoms with Crippen LogP contribution in [0.1, 0.15) is 38.5 Å². The first kappa shape index (κ1) is 12.5. The van der Waals surface area contributed by atoms with Crippen molar-refractivity contribution in [2.24, 2.45) is 0 Å². The van der Waals surface area contributed by atoms with Gasteiger partial charge in [-0.25, -0.2) is 0 Å². The van der Waals surface area contributed by atoms with Gasteiger partial charge in [-0.05, 0) is 25.0 Å². The van der Waals surface area contributed by atoms with Crippen LogP contribution in [0.4, 0.5) is 0 Å². The van der Waals surface area contributed by atoms with E-state index in [-0.39, 0.29) is 11.0 Å². The van der Waals surface area contributed by atoms with Crippen molar-refractivity contribution < 1.29 is 9.00 Å². The fraction of sp³-hybridized carbons (Fsp3) is 0.500. The summed E-state index contributed by atoms with van der Waals surface area (Å²) in [5, 5.41) is -0.280. The minimum absolute atomic E-state index is 0.187. The van der Waals surface area contributed by atoms with Gasteiger partial charge in [0.1, 0.15) is 5.78 Å². The fourth-order valence-corrected chi connectivity index (χ4v) is 3.74. The number of Topliss-reactive ketones (excluding diaryl/α,β-unsaturated/α-hetero) is 1. The number of hydrogen-bond donors (Lipinski definition) is 0. The molecule has 0 bridgehead atoms. The van der Waals surface area contributed by atoms with E-state index < -0.39 is 10.8 Å². The first-order valence-corrected chi connectivity index (χ1v) is 7.48. The molecule has 2 unspecified atom stereocenters. The molecule has 1 fully saturated rings. The summed E-state index contributed by atoms with van der Waals surface area (Å²) in [5.74, 6) is 0.187. The maximum atomic E-state index is 12.4. The molecule has 92 valence electrons. The Bertz CT molecular complexity index is 400. The van der Waals surface area contributed by atoms with E-state index >= 15 is 0 Å². The van der Waals surface area contributed by atoms with E-state index in [4.69, 9.17) is 0 Å². The van der Waals surface area contributed by atoms with Crippen LogP contribution in [-0.4, -0.2) is 15.2 Å². The molecular formula is C14H18O2S. The lowest BCUT2D eigenvalue weighted by atomic mass is 9.99. The Hall–Kier alpha value is -0.960. The zero-order valence-electron chi connectivity index (χ0n) is 9.93. The van der Waals surface area contributed by atoms with Gasteiger partial charge in [-0.15, -0.1) is 0 Å². The summed E-state index contributed by atoms with van der Waals surface area (Å²) >= 11 is 0. The third-order valence-corrected chi connectivity index (χ3v) is 4.98. The van der Waals surface area contributed by atoms with Crippen LogP contribution in [0.2, 0.25) is 0 Å². The average molecular weight is 250 g/mol. The Morgan fingerprint density at radius 1 is 1.00 bits per heavy atom. The van der Waals surface area contributed by atoms with Crippen molar-refractivity contribution in [2.75, 3.05) is 0 Å². The van der Waals surface area contributed by atoms with Gasteiger partial charge < -0.3 is 0 Å². The van der Waals surface area contributed by atoms with Gasteiger partial charge in [0.15, 0.2) is 0 Å². The summed E-state index contributed by atoms with van der Waals surface area (Å²) < 4.78 is 12.4. The van der Waals surface area contributed by atoms with Gasteiger partial charge >= 0.3 is 0 Å². The molecule has 0 aliphatic heterocycles. The van der Waals surface area contributed by atoms with Gasteiger partial charge in [-0.2, -0.15) is 0 Å². The largest absolute Gasteiger partial charge is 0.298 e. The standard InChI is InChI=1S/C14H18O2S/c15-13-10-6-1-2-7-11-14(13)17(16)12-8-4-3-5-9-12/h3-5,8-9,14H,1-2,6-7,10-11H2. The Kier molecular flexibility index (Phi) is 4.49. The van der Waals surface area contributed by atoms with Crippen LogP contribution in [0, 0.1) is 0 Å². The molecule has 1 aromatic rings. The van der Waals surface area contributed by atoms with E-state index in [1.54, 1.807) is 0 Å². The van der Waals surface area contributed by atoms with Gasteiger partial charge in [-0.3, -0.25) is 9.00 Å². The smallest absolute Gasteiger partial charge is 0.148 e. The summed E-state index contributed by atoms with van der Waals surface area (Å²) in [6.45, 7) is 0. The minimum atomic E-state index is -1.17. The predicted octanol–water partition coefficient (Wildman–Crippen LogP) is 3.09. The molecule has 0 heterocycles. The third kappa shape index (κ3) is 3.25. The van der Waals surface area contributed by atoms with Crippen LogP contribution < -0.4 is 0 Å². The molecule has 0 N–H and O–H groups in total. The molecular weight excluding hydrogens is 232 g/mol. The van der Waals surface area contributed by atoms with Gasteiger partial charge in [0.25, 0.3) is 0 Å². The first-order chi connectivity index (χ1) is 8.29. The SMILES string of the molecule is O=C1CCCCCCC1S(=O)c1ccccc1. The van der Waals surface area contributed by atoms with Crippen molar-refractivity contribution in [1.29, 1.82) is 0 Å². The monoisotopic (exact) mass is 250 g/mol. The molecule has 3 heteroatoms. The molecule has 1 saturated carbocycles.